The van der Waals surface area contributed by atoms with E-state index in [1.165, 1.54) is 5.56 Å². The van der Waals surface area contributed by atoms with E-state index in [0.29, 0.717) is 19.6 Å². The van der Waals surface area contributed by atoms with Gasteiger partial charge in [-0.1, -0.05) is 36.4 Å². The van der Waals surface area contributed by atoms with Crippen LogP contribution in [0.2, 0.25) is 0 Å². The topological polar surface area (TPSA) is 66.5 Å². The Morgan fingerprint density at radius 1 is 1.31 bits per heavy atom. The average Bonchev–Trinajstić information content (AvgIpc) is 2.68. The Kier molecular flexibility index (Phi) is 6.57. The van der Waals surface area contributed by atoms with Crippen molar-refractivity contribution in [2.45, 2.75) is 25.6 Å². The summed E-state index contributed by atoms with van der Waals surface area (Å²) in [6.45, 7) is 3.47. The summed E-state index contributed by atoms with van der Waals surface area (Å²) in [4.78, 5) is 18.8. The van der Waals surface area contributed by atoms with Gasteiger partial charge in [0.15, 0.2) is 0 Å². The van der Waals surface area contributed by atoms with E-state index in [9.17, 15) is 4.79 Å². The van der Waals surface area contributed by atoms with Crippen molar-refractivity contribution in [2.24, 2.45) is 0 Å². The van der Waals surface area contributed by atoms with Gasteiger partial charge in [0.2, 0.25) is 5.91 Å². The highest BCUT2D eigenvalue weighted by Gasteiger charge is 2.17. The fraction of sp³-hybridized carbons (Fsp3) is 0.400. The summed E-state index contributed by atoms with van der Waals surface area (Å²) in [5.74, 6) is 0.881. The first-order chi connectivity index (χ1) is 12.7. The standard InChI is InChI=1S/C20H26N4O2/c1-24(15-16-6-3-2-4-7-16)20-17(8-5-9-22-20)13-23-19(25)12-18-14-21-10-11-26-18/h2-9,18,21H,10-15H2,1H3,(H,23,25)/t18-/m1/s1. The number of morpholine rings is 1. The van der Waals surface area contributed by atoms with Gasteiger partial charge in [-0.3, -0.25) is 4.79 Å². The van der Waals surface area contributed by atoms with Crippen molar-refractivity contribution in [3.63, 3.8) is 0 Å². The lowest BCUT2D eigenvalue weighted by molar-refractivity contribution is -0.124. The molecule has 1 amide bonds. The summed E-state index contributed by atoms with van der Waals surface area (Å²) >= 11 is 0. The van der Waals surface area contributed by atoms with Crippen molar-refractivity contribution < 1.29 is 9.53 Å². The van der Waals surface area contributed by atoms with Crippen molar-refractivity contribution in [1.82, 2.24) is 15.6 Å². The summed E-state index contributed by atoms with van der Waals surface area (Å²) in [5, 5.41) is 6.23. The van der Waals surface area contributed by atoms with Gasteiger partial charge in [0.25, 0.3) is 0 Å². The number of nitrogens with zero attached hydrogens (tertiary/aromatic N) is 2. The van der Waals surface area contributed by atoms with E-state index in [4.69, 9.17) is 4.74 Å². The average molecular weight is 354 g/mol. The first-order valence-corrected chi connectivity index (χ1v) is 9.00. The number of rotatable bonds is 7. The van der Waals surface area contributed by atoms with Crippen LogP contribution >= 0.6 is 0 Å². The van der Waals surface area contributed by atoms with Crippen LogP contribution in [0.1, 0.15) is 17.5 Å². The van der Waals surface area contributed by atoms with E-state index >= 15 is 0 Å². The van der Waals surface area contributed by atoms with Crippen LogP contribution in [0.15, 0.2) is 48.7 Å². The molecule has 0 spiro atoms. The van der Waals surface area contributed by atoms with Crippen LogP contribution in [-0.4, -0.2) is 43.7 Å². The van der Waals surface area contributed by atoms with Crippen molar-refractivity contribution in [1.29, 1.82) is 0 Å². The highest BCUT2D eigenvalue weighted by atomic mass is 16.5. The number of carbonyl (C=O) groups is 1. The third-order valence-electron chi connectivity index (χ3n) is 4.39. The lowest BCUT2D eigenvalue weighted by atomic mass is 10.2. The van der Waals surface area contributed by atoms with E-state index in [1.54, 1.807) is 6.20 Å². The molecule has 138 valence electrons. The highest BCUT2D eigenvalue weighted by Crippen LogP contribution is 2.18. The van der Waals surface area contributed by atoms with Gasteiger partial charge < -0.3 is 20.3 Å². The summed E-state index contributed by atoms with van der Waals surface area (Å²) in [6, 6.07) is 14.2. The second-order valence-corrected chi connectivity index (χ2v) is 6.51. The Hall–Kier alpha value is -2.44. The molecule has 2 N–H and O–H groups in total. The molecule has 26 heavy (non-hydrogen) atoms. The van der Waals surface area contributed by atoms with Crippen LogP contribution in [0.4, 0.5) is 5.82 Å². The van der Waals surface area contributed by atoms with Gasteiger partial charge in [-0.2, -0.15) is 0 Å². The molecular formula is C20H26N4O2. The number of aromatic nitrogens is 1. The smallest absolute Gasteiger partial charge is 0.222 e. The van der Waals surface area contributed by atoms with Gasteiger partial charge in [-0.15, -0.1) is 0 Å². The van der Waals surface area contributed by atoms with Gasteiger partial charge in [-0.05, 0) is 11.6 Å². The molecule has 1 aromatic heterocycles. The molecule has 6 nitrogen and oxygen atoms in total. The quantitative estimate of drug-likeness (QED) is 0.792. The largest absolute Gasteiger partial charge is 0.375 e. The number of hydrogen-bond acceptors (Lipinski definition) is 5. The Morgan fingerprint density at radius 3 is 2.92 bits per heavy atom. The van der Waals surface area contributed by atoms with Crippen LogP contribution in [0.25, 0.3) is 0 Å². The molecule has 0 radical (unpaired) electrons. The second kappa shape index (κ2) is 9.31. The van der Waals surface area contributed by atoms with E-state index in [0.717, 1.165) is 31.0 Å². The molecular weight excluding hydrogens is 328 g/mol. The van der Waals surface area contributed by atoms with E-state index in [1.807, 2.05) is 37.4 Å². The Bertz CT molecular complexity index is 702. The molecule has 0 aliphatic carbocycles. The zero-order valence-electron chi connectivity index (χ0n) is 15.1. The van der Waals surface area contributed by atoms with Gasteiger partial charge >= 0.3 is 0 Å². The molecule has 6 heteroatoms. The van der Waals surface area contributed by atoms with Crippen LogP contribution in [0.5, 0.6) is 0 Å². The monoisotopic (exact) mass is 354 g/mol. The maximum Gasteiger partial charge on any atom is 0.222 e. The normalized spacial score (nSPS) is 16.9. The fourth-order valence-corrected chi connectivity index (χ4v) is 3.07. The fourth-order valence-electron chi connectivity index (χ4n) is 3.07. The number of anilines is 1. The zero-order valence-corrected chi connectivity index (χ0v) is 15.1. The maximum atomic E-state index is 12.2. The summed E-state index contributed by atoms with van der Waals surface area (Å²) in [7, 11) is 2.02. The summed E-state index contributed by atoms with van der Waals surface area (Å²) in [6.07, 6.45) is 2.12. The first kappa shape index (κ1) is 18.4. The predicted octanol–water partition coefficient (Wildman–Crippen LogP) is 1.71. The number of ether oxygens (including phenoxy) is 1. The molecule has 1 aliphatic heterocycles. The SMILES string of the molecule is CN(Cc1ccccc1)c1ncccc1CNC(=O)C[C@@H]1CNCCO1. The van der Waals surface area contributed by atoms with E-state index in [2.05, 4.69) is 32.7 Å². The number of amides is 1. The summed E-state index contributed by atoms with van der Waals surface area (Å²) < 4.78 is 5.59. The van der Waals surface area contributed by atoms with Crippen molar-refractivity contribution >= 4 is 11.7 Å². The number of benzene rings is 1. The molecule has 1 atom stereocenters. The number of hydrogen-bond donors (Lipinski definition) is 2. The van der Waals surface area contributed by atoms with Crippen molar-refractivity contribution in [2.75, 3.05) is 31.6 Å². The Labute approximate surface area is 154 Å². The van der Waals surface area contributed by atoms with Crippen LogP contribution in [-0.2, 0) is 22.6 Å². The molecule has 0 unspecified atom stereocenters. The lowest BCUT2D eigenvalue weighted by Gasteiger charge is -2.23. The lowest BCUT2D eigenvalue weighted by Crippen LogP contribution is -2.41. The van der Waals surface area contributed by atoms with Gasteiger partial charge in [0.1, 0.15) is 5.82 Å². The van der Waals surface area contributed by atoms with Crippen molar-refractivity contribution in [3.05, 3.63) is 59.8 Å². The zero-order chi connectivity index (χ0) is 18.2. The van der Waals surface area contributed by atoms with E-state index in [-0.39, 0.29) is 12.0 Å². The van der Waals surface area contributed by atoms with Gasteiger partial charge in [0.05, 0.1) is 19.1 Å². The van der Waals surface area contributed by atoms with Crippen molar-refractivity contribution in [3.8, 4) is 0 Å². The molecule has 1 fully saturated rings. The predicted molar refractivity (Wildman–Crippen MR) is 102 cm³/mol. The number of carbonyl (C=O) groups excluding carboxylic acids is 1. The highest BCUT2D eigenvalue weighted by molar-refractivity contribution is 5.76. The number of pyridine rings is 1. The minimum atomic E-state index is -0.0436. The third-order valence-corrected chi connectivity index (χ3v) is 4.39. The van der Waals surface area contributed by atoms with Crippen LogP contribution in [0, 0.1) is 0 Å². The molecule has 2 heterocycles. The second-order valence-electron chi connectivity index (χ2n) is 6.51. The van der Waals surface area contributed by atoms with E-state index < -0.39 is 0 Å². The molecule has 1 aliphatic rings. The Balaban J connectivity index is 1.57. The number of nitrogens with one attached hydrogen (secondary N) is 2. The molecule has 0 bridgehead atoms. The maximum absolute atomic E-state index is 12.2. The minimum absolute atomic E-state index is 0.000726. The minimum Gasteiger partial charge on any atom is -0.375 e. The van der Waals surface area contributed by atoms with Crippen LogP contribution in [0.3, 0.4) is 0 Å². The third kappa shape index (κ3) is 5.28. The molecule has 3 rings (SSSR count). The molecule has 2 aromatic rings. The van der Waals surface area contributed by atoms with Crippen LogP contribution < -0.4 is 15.5 Å². The Morgan fingerprint density at radius 2 is 2.15 bits per heavy atom. The first-order valence-electron chi connectivity index (χ1n) is 9.00. The van der Waals surface area contributed by atoms with Gasteiger partial charge in [-0.25, -0.2) is 4.98 Å². The summed E-state index contributed by atoms with van der Waals surface area (Å²) in [5.41, 5.74) is 2.22. The molecule has 0 saturated carbocycles. The van der Waals surface area contributed by atoms with Gasteiger partial charge in [0, 0.05) is 45.0 Å². The molecule has 1 aromatic carbocycles. The molecule has 1 saturated heterocycles.